The molecule has 0 aromatic carbocycles. The van der Waals surface area contributed by atoms with Crippen molar-refractivity contribution < 1.29 is 24.5 Å². The summed E-state index contributed by atoms with van der Waals surface area (Å²) in [5.74, 6) is -3.24. The Hall–Kier alpha value is -1.20. The van der Waals surface area contributed by atoms with Crippen LogP contribution in [0.4, 0.5) is 0 Å². The molecule has 5 heteroatoms. The Kier molecular flexibility index (Phi) is 2.49. The molecular weight excluding hydrogens is 200 g/mol. The summed E-state index contributed by atoms with van der Waals surface area (Å²) in [6.07, 6.45) is 0. The van der Waals surface area contributed by atoms with E-state index in [0.717, 1.165) is 13.8 Å². The second-order valence-corrected chi connectivity index (χ2v) is 3.84. The predicted molar refractivity (Wildman–Crippen MR) is 50.7 cm³/mol. The molecule has 1 aliphatic rings. The van der Waals surface area contributed by atoms with Crippen LogP contribution in [0.2, 0.25) is 0 Å². The molecule has 0 saturated carbocycles. The van der Waals surface area contributed by atoms with Gasteiger partial charge in [0, 0.05) is 6.92 Å². The molecular formula is C10H14O5. The fourth-order valence-corrected chi connectivity index (χ4v) is 1.91. The molecule has 0 aromatic heterocycles. The maximum atomic E-state index is 11.4. The summed E-state index contributed by atoms with van der Waals surface area (Å²) in [6, 6.07) is 0. The van der Waals surface area contributed by atoms with Crippen molar-refractivity contribution in [3.8, 4) is 0 Å². The summed E-state index contributed by atoms with van der Waals surface area (Å²) in [5.41, 5.74) is -2.46. The van der Waals surface area contributed by atoms with E-state index in [2.05, 4.69) is 0 Å². The number of ketones is 2. The van der Waals surface area contributed by atoms with Crippen LogP contribution in [-0.2, 0) is 14.3 Å². The van der Waals surface area contributed by atoms with Gasteiger partial charge in [0.2, 0.25) is 11.4 Å². The summed E-state index contributed by atoms with van der Waals surface area (Å²) < 4.78 is 4.94. The molecule has 1 rings (SSSR count). The highest BCUT2D eigenvalue weighted by molar-refractivity contribution is 6.06. The maximum absolute atomic E-state index is 11.4. The monoisotopic (exact) mass is 214 g/mol. The molecule has 0 radical (unpaired) electrons. The van der Waals surface area contributed by atoms with E-state index in [4.69, 9.17) is 4.74 Å². The van der Waals surface area contributed by atoms with E-state index in [-0.39, 0.29) is 11.3 Å². The van der Waals surface area contributed by atoms with Crippen molar-refractivity contribution in [1.82, 2.24) is 0 Å². The number of ether oxygens (including phenoxy) is 1. The normalized spacial score (nSPS) is 35.3. The number of aliphatic hydroxyl groups is 2. The topological polar surface area (TPSA) is 83.8 Å². The van der Waals surface area contributed by atoms with Gasteiger partial charge in [-0.3, -0.25) is 9.59 Å². The Labute approximate surface area is 87.4 Å². The van der Waals surface area contributed by atoms with Gasteiger partial charge in [-0.05, 0) is 20.8 Å². The van der Waals surface area contributed by atoms with Crippen LogP contribution < -0.4 is 0 Å². The van der Waals surface area contributed by atoms with Gasteiger partial charge >= 0.3 is 0 Å². The Morgan fingerprint density at radius 3 is 2.00 bits per heavy atom. The standard InChI is InChI=1S/C10H14O5/c1-5(11)8-6(2)15-9(4,13)10(8,14)7(3)12/h13-14H,1-4H3. The van der Waals surface area contributed by atoms with Crippen LogP contribution in [0.15, 0.2) is 11.3 Å². The zero-order valence-corrected chi connectivity index (χ0v) is 9.12. The Morgan fingerprint density at radius 2 is 1.73 bits per heavy atom. The molecule has 5 nitrogen and oxygen atoms in total. The second-order valence-electron chi connectivity index (χ2n) is 3.84. The largest absolute Gasteiger partial charge is 0.463 e. The number of hydrogen-bond donors (Lipinski definition) is 2. The van der Waals surface area contributed by atoms with Gasteiger partial charge in [0.15, 0.2) is 11.6 Å². The van der Waals surface area contributed by atoms with E-state index >= 15 is 0 Å². The first kappa shape index (κ1) is 11.9. The van der Waals surface area contributed by atoms with Crippen LogP contribution in [0.25, 0.3) is 0 Å². The minimum atomic E-state index is -2.27. The molecule has 0 spiro atoms. The molecule has 15 heavy (non-hydrogen) atoms. The Balaban J connectivity index is 3.42. The zero-order valence-electron chi connectivity index (χ0n) is 9.12. The number of allylic oxidation sites excluding steroid dienone is 1. The smallest absolute Gasteiger partial charge is 0.245 e. The number of carbonyl (C=O) groups excluding carboxylic acids is 2. The number of Topliss-reactive ketones (excluding diaryl/α,β-unsaturated/α-hetero) is 2. The Morgan fingerprint density at radius 1 is 1.27 bits per heavy atom. The lowest BCUT2D eigenvalue weighted by Crippen LogP contribution is -2.56. The van der Waals surface area contributed by atoms with Gasteiger partial charge in [0.05, 0.1) is 5.57 Å². The highest BCUT2D eigenvalue weighted by Gasteiger charge is 2.61. The first-order valence-electron chi connectivity index (χ1n) is 4.51. The highest BCUT2D eigenvalue weighted by atomic mass is 16.6. The third-order valence-corrected chi connectivity index (χ3v) is 2.60. The molecule has 2 unspecified atom stereocenters. The van der Waals surface area contributed by atoms with Crippen LogP contribution in [0.5, 0.6) is 0 Å². The van der Waals surface area contributed by atoms with Crippen molar-refractivity contribution in [3.63, 3.8) is 0 Å². The van der Waals surface area contributed by atoms with Crippen molar-refractivity contribution >= 4 is 11.6 Å². The molecule has 0 aliphatic carbocycles. The molecule has 0 aromatic rings. The fourth-order valence-electron chi connectivity index (χ4n) is 1.91. The highest BCUT2D eigenvalue weighted by Crippen LogP contribution is 2.42. The fraction of sp³-hybridized carbons (Fsp3) is 0.600. The average Bonchev–Trinajstić information content (AvgIpc) is 2.18. The zero-order chi connectivity index (χ0) is 12.0. The van der Waals surface area contributed by atoms with E-state index in [1.165, 1.54) is 13.8 Å². The van der Waals surface area contributed by atoms with Gasteiger partial charge in [-0.2, -0.15) is 0 Å². The summed E-state index contributed by atoms with van der Waals surface area (Å²) in [6.45, 7) is 4.87. The van der Waals surface area contributed by atoms with Gasteiger partial charge in [0.1, 0.15) is 5.76 Å². The van der Waals surface area contributed by atoms with Crippen molar-refractivity contribution in [2.45, 2.75) is 39.1 Å². The van der Waals surface area contributed by atoms with Crippen LogP contribution in [0.1, 0.15) is 27.7 Å². The van der Waals surface area contributed by atoms with E-state index in [9.17, 15) is 19.8 Å². The second kappa shape index (κ2) is 3.15. The minimum absolute atomic E-state index is 0.0743. The molecule has 2 N–H and O–H groups in total. The van der Waals surface area contributed by atoms with Crippen LogP contribution in [-0.4, -0.2) is 33.2 Å². The third-order valence-electron chi connectivity index (χ3n) is 2.60. The first-order valence-corrected chi connectivity index (χ1v) is 4.51. The molecule has 0 fully saturated rings. The van der Waals surface area contributed by atoms with Crippen molar-refractivity contribution in [2.75, 3.05) is 0 Å². The molecule has 2 atom stereocenters. The maximum Gasteiger partial charge on any atom is 0.245 e. The van der Waals surface area contributed by atoms with Gasteiger partial charge < -0.3 is 14.9 Å². The minimum Gasteiger partial charge on any atom is -0.463 e. The van der Waals surface area contributed by atoms with E-state index < -0.39 is 23.0 Å². The SMILES string of the molecule is CC(=O)C1=C(C)OC(C)(O)C1(O)C(C)=O. The summed E-state index contributed by atoms with van der Waals surface area (Å²) >= 11 is 0. The Bertz CT molecular complexity index is 366. The van der Waals surface area contributed by atoms with Crippen molar-refractivity contribution in [1.29, 1.82) is 0 Å². The molecule has 0 bridgehead atoms. The quantitative estimate of drug-likeness (QED) is 0.671. The van der Waals surface area contributed by atoms with Gasteiger partial charge in [-0.15, -0.1) is 0 Å². The van der Waals surface area contributed by atoms with E-state index in [1.54, 1.807) is 0 Å². The number of rotatable bonds is 2. The van der Waals surface area contributed by atoms with Gasteiger partial charge in [-0.25, -0.2) is 0 Å². The van der Waals surface area contributed by atoms with Gasteiger partial charge in [-0.1, -0.05) is 0 Å². The summed E-state index contributed by atoms with van der Waals surface area (Å²) in [5, 5.41) is 19.9. The van der Waals surface area contributed by atoms with Crippen LogP contribution in [0, 0.1) is 0 Å². The van der Waals surface area contributed by atoms with Crippen LogP contribution >= 0.6 is 0 Å². The molecule has 0 amide bonds. The molecule has 1 heterocycles. The van der Waals surface area contributed by atoms with Gasteiger partial charge in [0.25, 0.3) is 0 Å². The number of hydrogen-bond acceptors (Lipinski definition) is 5. The van der Waals surface area contributed by atoms with Crippen molar-refractivity contribution in [2.24, 2.45) is 0 Å². The van der Waals surface area contributed by atoms with Crippen LogP contribution in [0.3, 0.4) is 0 Å². The molecule has 0 saturated heterocycles. The lowest BCUT2D eigenvalue weighted by molar-refractivity contribution is -0.230. The molecule has 1 aliphatic heterocycles. The summed E-state index contributed by atoms with van der Waals surface area (Å²) in [4.78, 5) is 22.7. The first-order chi connectivity index (χ1) is 6.64. The predicted octanol–water partition coefficient (Wildman–Crippen LogP) is -0.0918. The number of carbonyl (C=O) groups is 2. The van der Waals surface area contributed by atoms with E-state index in [1.807, 2.05) is 0 Å². The third kappa shape index (κ3) is 1.39. The van der Waals surface area contributed by atoms with Crippen molar-refractivity contribution in [3.05, 3.63) is 11.3 Å². The molecule has 84 valence electrons. The van der Waals surface area contributed by atoms with E-state index in [0.29, 0.717) is 0 Å². The average molecular weight is 214 g/mol. The lowest BCUT2D eigenvalue weighted by atomic mass is 9.82. The summed E-state index contributed by atoms with van der Waals surface area (Å²) in [7, 11) is 0. The lowest BCUT2D eigenvalue weighted by Gasteiger charge is -2.32.